The van der Waals surface area contributed by atoms with Crippen LogP contribution in [0.2, 0.25) is 0 Å². The zero-order valence-electron chi connectivity index (χ0n) is 10.1. The summed E-state index contributed by atoms with van der Waals surface area (Å²) in [5, 5.41) is 0. The Morgan fingerprint density at radius 1 is 1.20 bits per heavy atom. The van der Waals surface area contributed by atoms with Gasteiger partial charge in [-0.25, -0.2) is 0 Å². The predicted octanol–water partition coefficient (Wildman–Crippen LogP) is 3.30. The van der Waals surface area contributed by atoms with Gasteiger partial charge in [0.2, 0.25) is 0 Å². The van der Waals surface area contributed by atoms with Gasteiger partial charge in [-0.3, -0.25) is 4.79 Å². The lowest BCUT2D eigenvalue weighted by atomic mass is 9.87. The van der Waals surface area contributed by atoms with E-state index in [0.29, 0.717) is 5.92 Å². The highest BCUT2D eigenvalue weighted by atomic mass is 16.6. The van der Waals surface area contributed by atoms with Crippen molar-refractivity contribution >= 4 is 5.97 Å². The summed E-state index contributed by atoms with van der Waals surface area (Å²) in [6.07, 6.45) is 7.20. The minimum Gasteiger partial charge on any atom is -0.460 e. The summed E-state index contributed by atoms with van der Waals surface area (Å²) >= 11 is 0. The van der Waals surface area contributed by atoms with Crippen molar-refractivity contribution in [3.05, 3.63) is 0 Å². The summed E-state index contributed by atoms with van der Waals surface area (Å²) in [5.74, 6) is 0.689. The average Bonchev–Trinajstić information content (AvgIpc) is 2.73. The highest BCUT2D eigenvalue weighted by molar-refractivity contribution is 5.80. The van der Waals surface area contributed by atoms with Gasteiger partial charge in [-0.05, 0) is 52.4 Å². The number of hydrogen-bond donors (Lipinski definition) is 0. The molecule has 2 heteroatoms. The number of esters is 1. The van der Waals surface area contributed by atoms with Crippen LogP contribution in [0.3, 0.4) is 0 Å². The van der Waals surface area contributed by atoms with Crippen molar-refractivity contribution in [3.63, 3.8) is 0 Å². The quantitative estimate of drug-likeness (QED) is 0.654. The molecule has 2 nitrogen and oxygen atoms in total. The Morgan fingerprint density at radius 3 is 2.13 bits per heavy atom. The molecule has 2 aliphatic rings. The van der Waals surface area contributed by atoms with E-state index in [-0.39, 0.29) is 17.0 Å². The molecule has 2 rings (SSSR count). The lowest BCUT2D eigenvalue weighted by Crippen LogP contribution is -2.33. The standard InChI is InChI=1S/C13H22O2/c1-12(2,3)15-11(14)13(8-9-13)10-6-4-5-7-10/h10H,4-9H2,1-3H3. The SMILES string of the molecule is CC(C)(C)OC(=O)C1(C2CCCC2)CC1. The molecule has 2 fully saturated rings. The first-order valence-corrected chi connectivity index (χ1v) is 6.17. The number of hydrogen-bond acceptors (Lipinski definition) is 2. The average molecular weight is 210 g/mol. The van der Waals surface area contributed by atoms with Crippen molar-refractivity contribution in [2.45, 2.75) is 64.9 Å². The summed E-state index contributed by atoms with van der Waals surface area (Å²) in [7, 11) is 0. The van der Waals surface area contributed by atoms with E-state index in [1.54, 1.807) is 0 Å². The predicted molar refractivity (Wildman–Crippen MR) is 59.5 cm³/mol. The summed E-state index contributed by atoms with van der Waals surface area (Å²) in [6.45, 7) is 5.86. The van der Waals surface area contributed by atoms with Crippen LogP contribution < -0.4 is 0 Å². The summed E-state index contributed by atoms with van der Waals surface area (Å²) in [6, 6.07) is 0. The van der Waals surface area contributed by atoms with Gasteiger partial charge in [0, 0.05) is 0 Å². The van der Waals surface area contributed by atoms with Crippen molar-refractivity contribution < 1.29 is 9.53 Å². The van der Waals surface area contributed by atoms with Gasteiger partial charge in [0.05, 0.1) is 5.41 Å². The van der Waals surface area contributed by atoms with Crippen molar-refractivity contribution in [2.75, 3.05) is 0 Å². The number of rotatable bonds is 2. The maximum Gasteiger partial charge on any atom is 0.312 e. The van der Waals surface area contributed by atoms with Gasteiger partial charge in [0.15, 0.2) is 0 Å². The van der Waals surface area contributed by atoms with E-state index in [4.69, 9.17) is 4.74 Å². The molecule has 0 aromatic carbocycles. The molecule has 0 unspecified atom stereocenters. The molecule has 0 heterocycles. The molecule has 0 aromatic rings. The van der Waals surface area contributed by atoms with Crippen LogP contribution >= 0.6 is 0 Å². The molecular formula is C13H22O2. The maximum atomic E-state index is 12.1. The second-order valence-electron chi connectivity index (χ2n) is 6.14. The molecule has 86 valence electrons. The minimum atomic E-state index is -0.328. The third-order valence-corrected chi connectivity index (χ3v) is 3.73. The highest BCUT2D eigenvalue weighted by Gasteiger charge is 2.57. The van der Waals surface area contributed by atoms with Crippen LogP contribution in [0, 0.1) is 11.3 Å². The van der Waals surface area contributed by atoms with E-state index in [1.165, 1.54) is 25.7 Å². The van der Waals surface area contributed by atoms with E-state index >= 15 is 0 Å². The van der Waals surface area contributed by atoms with Crippen LogP contribution in [0.4, 0.5) is 0 Å². The van der Waals surface area contributed by atoms with Gasteiger partial charge in [-0.2, -0.15) is 0 Å². The number of carbonyl (C=O) groups excluding carboxylic acids is 1. The molecule has 15 heavy (non-hydrogen) atoms. The fourth-order valence-electron chi connectivity index (χ4n) is 2.77. The smallest absolute Gasteiger partial charge is 0.312 e. The third kappa shape index (κ3) is 2.19. The van der Waals surface area contributed by atoms with Crippen molar-refractivity contribution in [1.82, 2.24) is 0 Å². The van der Waals surface area contributed by atoms with E-state index in [9.17, 15) is 4.79 Å². The Balaban J connectivity index is 2.00. The van der Waals surface area contributed by atoms with E-state index in [2.05, 4.69) is 0 Å². The Morgan fingerprint density at radius 2 is 1.73 bits per heavy atom. The second-order valence-corrected chi connectivity index (χ2v) is 6.14. The Kier molecular flexibility index (Phi) is 2.56. The van der Waals surface area contributed by atoms with Gasteiger partial charge >= 0.3 is 5.97 Å². The molecule has 0 aliphatic heterocycles. The fraction of sp³-hybridized carbons (Fsp3) is 0.923. The topological polar surface area (TPSA) is 26.3 Å². The van der Waals surface area contributed by atoms with Crippen LogP contribution in [-0.2, 0) is 9.53 Å². The lowest BCUT2D eigenvalue weighted by molar-refractivity contribution is -0.164. The van der Waals surface area contributed by atoms with Crippen molar-refractivity contribution in [1.29, 1.82) is 0 Å². The molecule has 0 spiro atoms. The van der Waals surface area contributed by atoms with Crippen LogP contribution in [0.15, 0.2) is 0 Å². The molecular weight excluding hydrogens is 188 g/mol. The molecule has 0 bridgehead atoms. The Bertz CT molecular complexity index is 252. The molecule has 0 saturated heterocycles. The molecule has 0 N–H and O–H groups in total. The molecule has 2 saturated carbocycles. The monoisotopic (exact) mass is 210 g/mol. The zero-order chi connectivity index (χ0) is 11.1. The first-order chi connectivity index (χ1) is 6.94. The highest BCUT2D eigenvalue weighted by Crippen LogP contribution is 2.58. The number of carbonyl (C=O) groups is 1. The maximum absolute atomic E-state index is 12.1. The fourth-order valence-corrected chi connectivity index (χ4v) is 2.77. The largest absolute Gasteiger partial charge is 0.460 e. The molecule has 0 atom stereocenters. The van der Waals surface area contributed by atoms with Crippen LogP contribution in [-0.4, -0.2) is 11.6 Å². The van der Waals surface area contributed by atoms with E-state index < -0.39 is 0 Å². The third-order valence-electron chi connectivity index (χ3n) is 3.73. The summed E-state index contributed by atoms with van der Waals surface area (Å²) in [4.78, 5) is 12.1. The normalized spacial score (nSPS) is 25.3. The summed E-state index contributed by atoms with van der Waals surface area (Å²) in [5.41, 5.74) is -0.394. The van der Waals surface area contributed by atoms with Gasteiger partial charge < -0.3 is 4.74 Å². The van der Waals surface area contributed by atoms with Gasteiger partial charge in [0.1, 0.15) is 5.60 Å². The van der Waals surface area contributed by atoms with E-state index in [0.717, 1.165) is 12.8 Å². The van der Waals surface area contributed by atoms with Crippen LogP contribution in [0.5, 0.6) is 0 Å². The first kappa shape index (κ1) is 11.0. The van der Waals surface area contributed by atoms with Crippen molar-refractivity contribution in [2.24, 2.45) is 11.3 Å². The van der Waals surface area contributed by atoms with Gasteiger partial charge in [-0.1, -0.05) is 12.8 Å². The second kappa shape index (κ2) is 3.50. The van der Waals surface area contributed by atoms with Crippen LogP contribution in [0.25, 0.3) is 0 Å². The van der Waals surface area contributed by atoms with Gasteiger partial charge in [0.25, 0.3) is 0 Å². The van der Waals surface area contributed by atoms with E-state index in [1.807, 2.05) is 20.8 Å². The Hall–Kier alpha value is -0.530. The molecule has 0 radical (unpaired) electrons. The first-order valence-electron chi connectivity index (χ1n) is 6.17. The summed E-state index contributed by atoms with van der Waals surface area (Å²) < 4.78 is 5.54. The minimum absolute atomic E-state index is 0.0657. The lowest BCUT2D eigenvalue weighted by Gasteiger charge is -2.27. The van der Waals surface area contributed by atoms with Gasteiger partial charge in [-0.15, -0.1) is 0 Å². The van der Waals surface area contributed by atoms with Crippen LogP contribution in [0.1, 0.15) is 59.3 Å². The number of ether oxygens (including phenoxy) is 1. The molecule has 0 aromatic heterocycles. The molecule has 2 aliphatic carbocycles. The molecule has 0 amide bonds. The zero-order valence-corrected chi connectivity index (χ0v) is 10.1. The Labute approximate surface area is 92.4 Å². The van der Waals surface area contributed by atoms with Crippen molar-refractivity contribution in [3.8, 4) is 0 Å².